The first-order valence-corrected chi connectivity index (χ1v) is 7.92. The van der Waals surface area contributed by atoms with Crippen molar-refractivity contribution in [3.8, 4) is 0 Å². The first kappa shape index (κ1) is 17.0. The number of aryl methyl sites for hydroxylation is 1. The van der Waals surface area contributed by atoms with Crippen molar-refractivity contribution in [2.45, 2.75) is 12.3 Å². The zero-order chi connectivity index (χ0) is 18.1. The monoisotopic (exact) mass is 341 g/mol. The summed E-state index contributed by atoms with van der Waals surface area (Å²) in [5.74, 6) is -2.81. The molecule has 25 heavy (non-hydrogen) atoms. The van der Waals surface area contributed by atoms with Gasteiger partial charge in [-0.05, 0) is 17.7 Å². The van der Waals surface area contributed by atoms with Gasteiger partial charge in [-0.2, -0.15) is 0 Å². The highest BCUT2D eigenvalue weighted by Gasteiger charge is 2.42. The number of allylic oxidation sites excluding steroid dienone is 1. The Morgan fingerprint density at radius 1 is 1.16 bits per heavy atom. The third-order valence-corrected chi connectivity index (χ3v) is 4.68. The molecule has 1 heterocycles. The summed E-state index contributed by atoms with van der Waals surface area (Å²) in [5, 5.41) is 0.947. The lowest BCUT2D eigenvalue weighted by Gasteiger charge is -2.28. The van der Waals surface area contributed by atoms with Crippen LogP contribution in [0.2, 0.25) is 0 Å². The van der Waals surface area contributed by atoms with Crippen molar-refractivity contribution in [2.24, 2.45) is 13.0 Å². The fraction of sp³-hybridized carbons (Fsp3) is 0.316. The van der Waals surface area contributed by atoms with Crippen LogP contribution in [0.3, 0.4) is 0 Å². The Morgan fingerprint density at radius 3 is 2.56 bits per heavy atom. The van der Waals surface area contributed by atoms with Crippen molar-refractivity contribution in [3.63, 3.8) is 0 Å². The maximum atomic E-state index is 12.4. The lowest BCUT2D eigenvalue weighted by atomic mass is 9.74. The van der Waals surface area contributed by atoms with E-state index in [1.165, 1.54) is 20.3 Å². The number of ketones is 1. The zero-order valence-electron chi connectivity index (χ0n) is 14.3. The molecule has 1 aromatic heterocycles. The summed E-state index contributed by atoms with van der Waals surface area (Å²) in [6.45, 7) is 0. The number of carbonyl (C=O) groups excluding carboxylic acids is 3. The predicted octanol–water partition coefficient (Wildman–Crippen LogP) is 2.12. The van der Waals surface area contributed by atoms with Crippen LogP contribution in [0.5, 0.6) is 0 Å². The molecule has 2 atom stereocenters. The molecule has 0 fully saturated rings. The standard InChI is InChI=1S/C19H19NO5/c1-20-10-15(12-6-4-5-7-16(12)20)13-8-11(21)9-14(18(22)24-2)17(13)19(23)25-3/h4-7,9-10,13,17H,8H2,1-3H3/t13-,17-/m1/s1. The van der Waals surface area contributed by atoms with Gasteiger partial charge in [0, 0.05) is 36.5 Å². The van der Waals surface area contributed by atoms with Crippen LogP contribution >= 0.6 is 0 Å². The van der Waals surface area contributed by atoms with Crippen LogP contribution in [-0.2, 0) is 30.9 Å². The van der Waals surface area contributed by atoms with Crippen molar-refractivity contribution in [1.82, 2.24) is 4.57 Å². The van der Waals surface area contributed by atoms with Crippen LogP contribution in [0.4, 0.5) is 0 Å². The predicted molar refractivity (Wildman–Crippen MR) is 90.9 cm³/mol. The largest absolute Gasteiger partial charge is 0.469 e. The Labute approximate surface area is 145 Å². The Kier molecular flexibility index (Phi) is 4.44. The highest BCUT2D eigenvalue weighted by Crippen LogP contribution is 2.41. The number of ether oxygens (including phenoxy) is 2. The van der Waals surface area contributed by atoms with E-state index in [9.17, 15) is 14.4 Å². The zero-order valence-corrected chi connectivity index (χ0v) is 14.3. The minimum atomic E-state index is -0.874. The number of hydrogen-bond acceptors (Lipinski definition) is 5. The average Bonchev–Trinajstić information content (AvgIpc) is 2.96. The van der Waals surface area contributed by atoms with Crippen LogP contribution in [0.15, 0.2) is 42.1 Å². The van der Waals surface area contributed by atoms with E-state index in [-0.39, 0.29) is 17.8 Å². The van der Waals surface area contributed by atoms with Gasteiger partial charge in [-0.3, -0.25) is 9.59 Å². The molecule has 0 spiro atoms. The van der Waals surface area contributed by atoms with Crippen molar-refractivity contribution >= 4 is 28.6 Å². The first-order chi connectivity index (χ1) is 12.0. The summed E-state index contributed by atoms with van der Waals surface area (Å²) in [4.78, 5) is 36.8. The van der Waals surface area contributed by atoms with Crippen LogP contribution in [0, 0.1) is 5.92 Å². The van der Waals surface area contributed by atoms with Crippen molar-refractivity contribution < 1.29 is 23.9 Å². The Bertz CT molecular complexity index is 892. The minimum Gasteiger partial charge on any atom is -0.469 e. The van der Waals surface area contributed by atoms with E-state index < -0.39 is 23.8 Å². The molecule has 2 aromatic rings. The summed E-state index contributed by atoms with van der Waals surface area (Å²) >= 11 is 0. The number of rotatable bonds is 3. The van der Waals surface area contributed by atoms with E-state index in [4.69, 9.17) is 9.47 Å². The maximum Gasteiger partial charge on any atom is 0.334 e. The van der Waals surface area contributed by atoms with Gasteiger partial charge in [0.15, 0.2) is 5.78 Å². The number of carbonyl (C=O) groups is 3. The number of fused-ring (bicyclic) bond motifs is 1. The quantitative estimate of drug-likeness (QED) is 0.800. The number of aromatic nitrogens is 1. The SMILES string of the molecule is COC(=O)C1=CC(=O)C[C@H](c2cn(C)c3ccccc23)[C@H]1C(=O)OC. The summed E-state index contributed by atoms with van der Waals surface area (Å²) in [6, 6.07) is 7.74. The van der Waals surface area contributed by atoms with Gasteiger partial charge in [0.25, 0.3) is 0 Å². The van der Waals surface area contributed by atoms with Crippen molar-refractivity contribution in [1.29, 1.82) is 0 Å². The second-order valence-electron chi connectivity index (χ2n) is 6.08. The van der Waals surface area contributed by atoms with Gasteiger partial charge in [0.2, 0.25) is 0 Å². The fourth-order valence-electron chi connectivity index (χ4n) is 3.55. The highest BCUT2D eigenvalue weighted by molar-refractivity contribution is 6.06. The molecule has 130 valence electrons. The summed E-state index contributed by atoms with van der Waals surface area (Å²) in [6.07, 6.45) is 3.24. The second-order valence-corrected chi connectivity index (χ2v) is 6.08. The lowest BCUT2D eigenvalue weighted by Crippen LogP contribution is -2.34. The van der Waals surface area contributed by atoms with Gasteiger partial charge >= 0.3 is 11.9 Å². The topological polar surface area (TPSA) is 74.6 Å². The van der Waals surface area contributed by atoms with E-state index in [0.717, 1.165) is 16.5 Å². The molecule has 0 unspecified atom stereocenters. The Balaban J connectivity index is 2.18. The molecule has 6 nitrogen and oxygen atoms in total. The summed E-state index contributed by atoms with van der Waals surface area (Å²) in [7, 11) is 4.40. The summed E-state index contributed by atoms with van der Waals surface area (Å²) in [5.41, 5.74) is 1.88. The van der Waals surface area contributed by atoms with Crippen molar-refractivity contribution in [3.05, 3.63) is 47.7 Å². The molecule has 1 aliphatic rings. The highest BCUT2D eigenvalue weighted by atomic mass is 16.5. The molecular formula is C19H19NO5. The van der Waals surface area contributed by atoms with E-state index in [1.54, 1.807) is 0 Å². The maximum absolute atomic E-state index is 12.4. The molecule has 3 rings (SSSR count). The molecule has 6 heteroatoms. The number of hydrogen-bond donors (Lipinski definition) is 0. The van der Waals surface area contributed by atoms with E-state index in [2.05, 4.69) is 0 Å². The average molecular weight is 341 g/mol. The first-order valence-electron chi connectivity index (χ1n) is 7.92. The molecular weight excluding hydrogens is 322 g/mol. The molecule has 0 N–H and O–H groups in total. The molecule has 1 aliphatic carbocycles. The second kappa shape index (κ2) is 6.55. The van der Waals surface area contributed by atoms with Crippen LogP contribution in [0.1, 0.15) is 17.9 Å². The smallest absolute Gasteiger partial charge is 0.334 e. The van der Waals surface area contributed by atoms with E-state index >= 15 is 0 Å². The fourth-order valence-corrected chi connectivity index (χ4v) is 3.55. The number of esters is 2. The van der Waals surface area contributed by atoms with Gasteiger partial charge < -0.3 is 14.0 Å². The van der Waals surface area contributed by atoms with Gasteiger partial charge in [0.05, 0.1) is 25.7 Å². The molecule has 0 bridgehead atoms. The van der Waals surface area contributed by atoms with Gasteiger partial charge in [-0.1, -0.05) is 18.2 Å². The van der Waals surface area contributed by atoms with Crippen LogP contribution < -0.4 is 0 Å². The van der Waals surface area contributed by atoms with Gasteiger partial charge in [-0.25, -0.2) is 4.79 Å². The number of para-hydroxylation sites is 1. The Morgan fingerprint density at radius 2 is 1.88 bits per heavy atom. The third-order valence-electron chi connectivity index (χ3n) is 4.68. The van der Waals surface area contributed by atoms with Gasteiger partial charge in [0.1, 0.15) is 0 Å². The van der Waals surface area contributed by atoms with Crippen LogP contribution in [0.25, 0.3) is 10.9 Å². The number of benzene rings is 1. The normalized spacial score (nSPS) is 20.3. The third kappa shape index (κ3) is 2.84. The number of methoxy groups -OCH3 is 2. The van der Waals surface area contributed by atoms with Crippen molar-refractivity contribution in [2.75, 3.05) is 14.2 Å². The van der Waals surface area contributed by atoms with E-state index in [0.29, 0.717) is 0 Å². The van der Waals surface area contributed by atoms with E-state index in [1.807, 2.05) is 42.1 Å². The van der Waals surface area contributed by atoms with Gasteiger partial charge in [-0.15, -0.1) is 0 Å². The summed E-state index contributed by atoms with van der Waals surface area (Å²) < 4.78 is 11.6. The molecule has 0 aliphatic heterocycles. The Hall–Kier alpha value is -2.89. The molecule has 1 aromatic carbocycles. The lowest BCUT2D eigenvalue weighted by molar-refractivity contribution is -0.148. The number of nitrogens with zero attached hydrogens (tertiary/aromatic N) is 1. The molecule has 0 saturated heterocycles. The molecule has 0 radical (unpaired) electrons. The molecule has 0 saturated carbocycles. The molecule has 0 amide bonds. The van der Waals surface area contributed by atoms with Crippen LogP contribution in [-0.4, -0.2) is 36.5 Å². The minimum absolute atomic E-state index is 0.0449.